The zero-order valence-electron chi connectivity index (χ0n) is 22.8. The highest BCUT2D eigenvalue weighted by Crippen LogP contribution is 2.49. The molecule has 0 radical (unpaired) electrons. The summed E-state index contributed by atoms with van der Waals surface area (Å²) in [6, 6.07) is 4.95. The third-order valence-corrected chi connectivity index (χ3v) is 9.58. The number of nitrogens with one attached hydrogen (secondary N) is 2. The number of rotatable bonds is 10. The second-order valence-corrected chi connectivity index (χ2v) is 12.2. The maximum atomic E-state index is 13.6. The van der Waals surface area contributed by atoms with Crippen molar-refractivity contribution in [3.05, 3.63) is 23.3 Å². The number of hydrogen-bond donors (Lipinski definition) is 3. The number of nitriles is 1. The smallest absolute Gasteiger partial charge is 0.309 e. The fourth-order valence-corrected chi connectivity index (χ4v) is 6.86. The number of fused-ring (bicyclic) bond motifs is 2. The van der Waals surface area contributed by atoms with E-state index in [2.05, 4.69) is 16.7 Å². The van der Waals surface area contributed by atoms with Gasteiger partial charge in [0.15, 0.2) is 0 Å². The number of ether oxygens (including phenoxy) is 2. The molecule has 9 heteroatoms. The van der Waals surface area contributed by atoms with E-state index < -0.39 is 11.4 Å². The summed E-state index contributed by atoms with van der Waals surface area (Å²) >= 11 is 0. The van der Waals surface area contributed by atoms with Crippen molar-refractivity contribution >= 4 is 17.8 Å². The summed E-state index contributed by atoms with van der Waals surface area (Å²) in [6.45, 7) is 2.44. The van der Waals surface area contributed by atoms with Gasteiger partial charge in [0.2, 0.25) is 5.91 Å². The van der Waals surface area contributed by atoms with Gasteiger partial charge in [0, 0.05) is 18.7 Å². The molecule has 0 saturated heterocycles. The minimum atomic E-state index is -0.808. The van der Waals surface area contributed by atoms with E-state index >= 15 is 0 Å². The molecular weight excluding hydrogens is 498 g/mol. The van der Waals surface area contributed by atoms with Gasteiger partial charge in [-0.25, -0.2) is 0 Å². The number of nitrogens with zero attached hydrogens (tertiary/aromatic N) is 1. The van der Waals surface area contributed by atoms with Crippen LogP contribution in [-0.4, -0.2) is 48.7 Å². The summed E-state index contributed by atoms with van der Waals surface area (Å²) in [5.41, 5.74) is -0.263. The molecule has 39 heavy (non-hydrogen) atoms. The van der Waals surface area contributed by atoms with Crippen LogP contribution in [0.25, 0.3) is 0 Å². The largest absolute Gasteiger partial charge is 0.496 e. The zero-order valence-corrected chi connectivity index (χ0v) is 22.8. The molecule has 5 rings (SSSR count). The predicted octanol–water partition coefficient (Wildman–Crippen LogP) is 4.04. The van der Waals surface area contributed by atoms with Gasteiger partial charge in [-0.3, -0.25) is 14.4 Å². The van der Waals surface area contributed by atoms with Gasteiger partial charge >= 0.3 is 5.97 Å². The van der Waals surface area contributed by atoms with E-state index in [1.54, 1.807) is 13.0 Å². The summed E-state index contributed by atoms with van der Waals surface area (Å²) < 4.78 is 11.7. The van der Waals surface area contributed by atoms with Crippen LogP contribution in [-0.2, 0) is 9.59 Å². The molecule has 210 valence electrons. The van der Waals surface area contributed by atoms with Crippen molar-refractivity contribution in [1.29, 1.82) is 5.26 Å². The number of benzene rings is 1. The molecule has 3 N–H and O–H groups in total. The average molecular weight is 538 g/mol. The fraction of sp³-hybridized carbons (Fsp3) is 0.667. The first-order valence-electron chi connectivity index (χ1n) is 14.3. The number of carboxylic acids is 1. The van der Waals surface area contributed by atoms with Gasteiger partial charge in [0.1, 0.15) is 17.6 Å². The maximum absolute atomic E-state index is 13.6. The molecule has 2 amide bonds. The molecule has 1 aromatic rings. The lowest BCUT2D eigenvalue weighted by Gasteiger charge is -2.34. The zero-order chi connectivity index (χ0) is 27.7. The quantitative estimate of drug-likeness (QED) is 0.409. The predicted molar refractivity (Wildman–Crippen MR) is 142 cm³/mol. The van der Waals surface area contributed by atoms with E-state index in [-0.39, 0.29) is 64.3 Å². The van der Waals surface area contributed by atoms with Crippen molar-refractivity contribution in [2.24, 2.45) is 29.1 Å². The Hall–Kier alpha value is -3.28. The highest BCUT2D eigenvalue weighted by molar-refractivity contribution is 5.98. The Kier molecular flexibility index (Phi) is 7.75. The van der Waals surface area contributed by atoms with Crippen molar-refractivity contribution in [1.82, 2.24) is 10.6 Å². The number of methoxy groups -OCH3 is 1. The lowest BCUT2D eigenvalue weighted by Crippen LogP contribution is -2.50. The van der Waals surface area contributed by atoms with Crippen LogP contribution < -0.4 is 20.1 Å². The van der Waals surface area contributed by atoms with E-state index in [0.717, 1.165) is 31.6 Å². The highest BCUT2D eigenvalue weighted by atomic mass is 16.5. The van der Waals surface area contributed by atoms with Crippen LogP contribution in [0.5, 0.6) is 11.5 Å². The third kappa shape index (κ3) is 5.70. The Balaban J connectivity index is 1.30. The molecule has 4 aliphatic rings. The van der Waals surface area contributed by atoms with Crippen LogP contribution in [0, 0.1) is 40.4 Å². The Morgan fingerprint density at radius 1 is 1.08 bits per heavy atom. The second kappa shape index (κ2) is 11.1. The summed E-state index contributed by atoms with van der Waals surface area (Å²) in [7, 11) is 1.45. The van der Waals surface area contributed by atoms with Crippen LogP contribution in [0.2, 0.25) is 0 Å². The Morgan fingerprint density at radius 3 is 2.44 bits per heavy atom. The number of aliphatic carboxylic acids is 1. The standard InChI is InChI=1S/C30H39N3O6/c1-30(29(36)37)10-7-21(8-11-30)39-23-15-22(24(38-2)14-20(23)16-31)27(34)33-26-19-6-5-18(13-19)25(26)28(35)32-12-9-17-3-4-17/h14-15,17-19,21,25-26H,3-13H2,1-2H3,(H,32,35)(H,33,34)(H,36,37)/t18-,19+,21?,25+,26-,30?/m1/s1. The average Bonchev–Trinajstić information content (AvgIpc) is 3.53. The molecule has 9 nitrogen and oxygen atoms in total. The minimum absolute atomic E-state index is 0.0367. The monoisotopic (exact) mass is 537 g/mol. The van der Waals surface area contributed by atoms with Crippen LogP contribution in [0.1, 0.15) is 87.1 Å². The van der Waals surface area contributed by atoms with Crippen molar-refractivity contribution in [3.63, 3.8) is 0 Å². The normalized spacial score (nSPS) is 31.3. The first-order valence-corrected chi connectivity index (χ1v) is 14.3. The van der Waals surface area contributed by atoms with Crippen LogP contribution in [0.15, 0.2) is 12.1 Å². The summed E-state index contributed by atoms with van der Waals surface area (Å²) in [6.07, 6.45) is 8.28. The lowest BCUT2D eigenvalue weighted by molar-refractivity contribution is -0.150. The van der Waals surface area contributed by atoms with Crippen LogP contribution in [0.4, 0.5) is 0 Å². The number of amides is 2. The molecule has 1 aromatic carbocycles. The van der Waals surface area contributed by atoms with Crippen molar-refractivity contribution in [3.8, 4) is 17.6 Å². The summed E-state index contributed by atoms with van der Waals surface area (Å²) in [5.74, 6) is 0.495. The molecule has 4 aliphatic carbocycles. The van der Waals surface area contributed by atoms with Crippen LogP contribution in [0.3, 0.4) is 0 Å². The molecule has 0 aromatic heterocycles. The van der Waals surface area contributed by atoms with Gasteiger partial charge < -0.3 is 25.2 Å². The van der Waals surface area contributed by atoms with Gasteiger partial charge in [0.05, 0.1) is 35.7 Å². The molecule has 4 saturated carbocycles. The van der Waals surface area contributed by atoms with E-state index in [1.807, 2.05) is 0 Å². The minimum Gasteiger partial charge on any atom is -0.496 e. The van der Waals surface area contributed by atoms with Gasteiger partial charge in [-0.1, -0.05) is 12.8 Å². The SMILES string of the molecule is COc1cc(C#N)c(OC2CCC(C)(C(=O)O)CC2)cc1C(=O)N[C@@H]1[C@H]2CC[C@H](C2)[C@@H]1C(=O)NCCC1CC1. The molecule has 0 heterocycles. The van der Waals surface area contributed by atoms with Gasteiger partial charge in [-0.05, 0) is 82.1 Å². The molecule has 2 bridgehead atoms. The van der Waals surface area contributed by atoms with Crippen molar-refractivity contribution in [2.45, 2.75) is 83.3 Å². The van der Waals surface area contributed by atoms with E-state index in [9.17, 15) is 24.8 Å². The Morgan fingerprint density at radius 2 is 1.79 bits per heavy atom. The van der Waals surface area contributed by atoms with E-state index in [1.165, 1.54) is 26.0 Å². The number of carboxylic acid groups (broad SMARTS) is 1. The molecule has 0 aliphatic heterocycles. The first kappa shape index (κ1) is 27.3. The highest BCUT2D eigenvalue weighted by Gasteiger charge is 2.51. The summed E-state index contributed by atoms with van der Waals surface area (Å²) in [4.78, 5) is 38.4. The van der Waals surface area contributed by atoms with Crippen LogP contribution >= 0.6 is 0 Å². The van der Waals surface area contributed by atoms with Gasteiger partial charge in [-0.2, -0.15) is 5.26 Å². The van der Waals surface area contributed by atoms with E-state index in [0.29, 0.717) is 32.2 Å². The van der Waals surface area contributed by atoms with Crippen molar-refractivity contribution < 1.29 is 29.0 Å². The van der Waals surface area contributed by atoms with Gasteiger partial charge in [0.25, 0.3) is 5.91 Å². The number of carbonyl (C=O) groups excluding carboxylic acids is 2. The molecule has 4 atom stereocenters. The maximum Gasteiger partial charge on any atom is 0.309 e. The van der Waals surface area contributed by atoms with E-state index in [4.69, 9.17) is 9.47 Å². The van der Waals surface area contributed by atoms with Crippen molar-refractivity contribution in [2.75, 3.05) is 13.7 Å². The molecule has 4 fully saturated rings. The fourth-order valence-electron chi connectivity index (χ4n) is 6.86. The number of carbonyl (C=O) groups is 3. The van der Waals surface area contributed by atoms with Gasteiger partial charge in [-0.15, -0.1) is 0 Å². The molecule has 0 unspecified atom stereocenters. The lowest BCUT2D eigenvalue weighted by atomic mass is 9.75. The molecule has 0 spiro atoms. The third-order valence-electron chi connectivity index (χ3n) is 9.58. The number of hydrogen-bond acceptors (Lipinski definition) is 6. The Bertz CT molecular complexity index is 1160. The Labute approximate surface area is 229 Å². The first-order chi connectivity index (χ1) is 18.7. The second-order valence-electron chi connectivity index (χ2n) is 12.2. The summed E-state index contributed by atoms with van der Waals surface area (Å²) in [5, 5.41) is 25.5. The topological polar surface area (TPSA) is 138 Å². The molecular formula is C30H39N3O6.